The Balaban J connectivity index is 0.000000294. The molecule has 0 bridgehead atoms. The number of ketones is 1. The second-order valence-electron chi connectivity index (χ2n) is 14.7. The van der Waals surface area contributed by atoms with E-state index in [1.54, 1.807) is 34.3 Å². The summed E-state index contributed by atoms with van der Waals surface area (Å²) in [5.74, 6) is -1.26. The molecule has 0 atom stereocenters. The summed E-state index contributed by atoms with van der Waals surface area (Å²) in [7, 11) is -1.11. The van der Waals surface area contributed by atoms with E-state index < -0.39 is 32.4 Å². The largest absolute Gasteiger partial charge is 0.476 e. The van der Waals surface area contributed by atoms with Crippen LogP contribution in [-0.2, 0) is 11.5 Å². The fraction of sp³-hybridized carbons (Fsp3) is 0.488. The van der Waals surface area contributed by atoms with Crippen molar-refractivity contribution in [3.8, 4) is 22.8 Å². The molecule has 0 radical (unpaired) electrons. The Hall–Kier alpha value is -4.15. The molecule has 0 amide bonds. The summed E-state index contributed by atoms with van der Waals surface area (Å²) in [4.78, 5) is 36.9. The molecular formula is C41H63N9O4SiSn. The van der Waals surface area contributed by atoms with Crippen LogP contribution in [0.4, 0.5) is 0 Å². The maximum absolute atomic E-state index is 11.7. The van der Waals surface area contributed by atoms with E-state index in [1.807, 2.05) is 24.4 Å². The van der Waals surface area contributed by atoms with Crippen molar-refractivity contribution in [3.05, 3.63) is 84.6 Å². The van der Waals surface area contributed by atoms with Crippen LogP contribution in [0.15, 0.2) is 73.2 Å². The number of carboxylic acids is 1. The number of carbonyl (C=O) groups is 2. The molecule has 0 fully saturated rings. The summed E-state index contributed by atoms with van der Waals surface area (Å²) < 4.78 is 11.7. The molecule has 0 spiro atoms. The van der Waals surface area contributed by atoms with Gasteiger partial charge in [0.15, 0.2) is 23.9 Å². The minimum atomic E-state index is -2.21. The Bertz CT molecular complexity index is 1810. The molecule has 56 heavy (non-hydrogen) atoms. The molecule has 5 rings (SSSR count). The summed E-state index contributed by atoms with van der Waals surface area (Å²) in [6, 6.07) is 18.4. The molecule has 0 aliphatic rings. The molecule has 0 aliphatic heterocycles. The predicted octanol–water partition coefficient (Wildman–Crippen LogP) is 9.19. The van der Waals surface area contributed by atoms with Gasteiger partial charge in [-0.2, -0.15) is 15.1 Å². The summed E-state index contributed by atoms with van der Waals surface area (Å²) in [6.45, 7) is 16.3. The number of nitrogens with zero attached hydrogens (tertiary/aromatic N) is 8. The molecule has 2 N–H and O–H groups in total. The van der Waals surface area contributed by atoms with Crippen molar-refractivity contribution in [2.45, 2.75) is 119 Å². The van der Waals surface area contributed by atoms with Gasteiger partial charge in [-0.1, -0.05) is 39.2 Å². The van der Waals surface area contributed by atoms with Crippen LogP contribution in [0.1, 0.15) is 94.6 Å². The number of rotatable bonds is 19. The van der Waals surface area contributed by atoms with E-state index >= 15 is 0 Å². The first-order valence-corrected chi connectivity index (χ1v) is 30.6. The average molecular weight is 893 g/mol. The first-order valence-electron chi connectivity index (χ1n) is 19.4. The van der Waals surface area contributed by atoms with Crippen molar-refractivity contribution in [2.75, 3.05) is 6.61 Å². The second-order valence-corrected chi connectivity index (χ2v) is 33.4. The third kappa shape index (κ3) is 15.8. The number of nitrogens with one attached hydrogen (secondary N) is 1. The van der Waals surface area contributed by atoms with Crippen molar-refractivity contribution < 1.29 is 19.4 Å². The van der Waals surface area contributed by atoms with Crippen molar-refractivity contribution in [3.63, 3.8) is 0 Å². The monoisotopic (exact) mass is 893 g/mol. The molecule has 0 saturated carbocycles. The summed E-state index contributed by atoms with van der Waals surface area (Å²) >= 11 is -2.21. The third-order valence-corrected chi connectivity index (χ3v) is 25.9. The molecule has 0 saturated heterocycles. The summed E-state index contributed by atoms with van der Waals surface area (Å²) in [5, 5.41) is 26.8. The predicted molar refractivity (Wildman–Crippen MR) is 229 cm³/mol. The van der Waals surface area contributed by atoms with Crippen molar-refractivity contribution >= 4 is 41.9 Å². The average Bonchev–Trinajstić information content (AvgIpc) is 3.87. The number of ether oxygens (including phenoxy) is 1. The van der Waals surface area contributed by atoms with Crippen LogP contribution < -0.4 is 3.71 Å². The Labute approximate surface area is 338 Å². The van der Waals surface area contributed by atoms with Gasteiger partial charge in [0.05, 0.1) is 11.4 Å². The van der Waals surface area contributed by atoms with Crippen LogP contribution >= 0.6 is 0 Å². The Morgan fingerprint density at radius 3 is 1.73 bits per heavy atom. The topological polar surface area (TPSA) is 175 Å². The first-order chi connectivity index (χ1) is 26.4. The number of aromatic carboxylic acids is 1. The molecule has 0 unspecified atom stereocenters. The molecule has 304 valence electrons. The number of Topliss-reactive ketones (excluding diaryl/α,β-unsaturated/α-hetero) is 1. The Kier molecular flexibility index (Phi) is 21.6. The minimum Gasteiger partial charge on any atom is -0.476 e. The number of H-pyrrole nitrogens is 1. The molecule has 15 heteroatoms. The zero-order chi connectivity index (χ0) is 40.1. The van der Waals surface area contributed by atoms with E-state index in [9.17, 15) is 9.59 Å². The van der Waals surface area contributed by atoms with Crippen molar-refractivity contribution in [2.24, 2.45) is 0 Å². The molecule has 13 nitrogen and oxygen atoms in total. The zero-order valence-electron chi connectivity index (χ0n) is 33.7. The van der Waals surface area contributed by atoms with E-state index in [4.69, 9.17) is 14.8 Å². The van der Waals surface area contributed by atoms with Gasteiger partial charge in [0, 0.05) is 34.0 Å². The number of pyridine rings is 3. The van der Waals surface area contributed by atoms with Gasteiger partial charge >= 0.3 is 130 Å². The standard InChI is InChI=1S/C15H22N4O2Si.C8H6N4O2.C5H4N.3C4H9.CH4.Sn/c1-12(20)14-15(13-7-5-6-8-16-13)18-19(17-14)11-21-9-10-22(2,3)4;13-8(14)7-6(10-12-11-7)5-3-1-2-4-9-5;1-2-4-6-5-3-1;3*1-3-4-2;;/h5-8H,9-11H2,1-4H3;1-4H,(H,13,14)(H,10,11,12);1-4H;3*1,3-4H2,2H3;1H4;. The van der Waals surface area contributed by atoms with Gasteiger partial charge in [0.25, 0.3) is 0 Å². The molecule has 0 aromatic carbocycles. The molecular weight excluding hydrogens is 829 g/mol. The van der Waals surface area contributed by atoms with Gasteiger partial charge in [-0.25, -0.2) is 4.79 Å². The number of hydrogen-bond acceptors (Lipinski definition) is 10. The van der Waals surface area contributed by atoms with Crippen LogP contribution in [0.25, 0.3) is 22.8 Å². The van der Waals surface area contributed by atoms with Gasteiger partial charge in [0.2, 0.25) is 0 Å². The van der Waals surface area contributed by atoms with Gasteiger partial charge in [0.1, 0.15) is 11.4 Å². The SMILES string of the molecule is C.CC(=O)c1nn(COCC[Si](C)(C)C)nc1-c1ccccn1.CCC[CH2][Sn]([CH2]CCC)([CH2]CCC)[c]1ccccn1.O=C(O)c1n[nH]nc1-c1ccccn1. The van der Waals surface area contributed by atoms with E-state index in [0.717, 1.165) is 6.04 Å². The summed E-state index contributed by atoms with van der Waals surface area (Å²) in [5.41, 5.74) is 2.08. The molecule has 5 heterocycles. The van der Waals surface area contributed by atoms with Crippen LogP contribution in [0.5, 0.6) is 0 Å². The first kappa shape index (κ1) is 48.0. The quantitative estimate of drug-likeness (QED) is 0.0460. The van der Waals surface area contributed by atoms with E-state index in [0.29, 0.717) is 29.4 Å². The van der Waals surface area contributed by atoms with E-state index in [2.05, 4.69) is 94.2 Å². The molecule has 5 aromatic rings. The maximum Gasteiger partial charge on any atom is 0.358 e. The van der Waals surface area contributed by atoms with Gasteiger partial charge in [-0.15, -0.1) is 15.3 Å². The van der Waals surface area contributed by atoms with Crippen LogP contribution in [0, 0.1) is 0 Å². The Morgan fingerprint density at radius 1 is 0.750 bits per heavy atom. The number of carboxylic acid groups (broad SMARTS) is 1. The number of unbranched alkanes of at least 4 members (excludes halogenated alkanes) is 3. The van der Waals surface area contributed by atoms with Gasteiger partial charge in [-0.3, -0.25) is 14.8 Å². The maximum atomic E-state index is 11.7. The van der Waals surface area contributed by atoms with Crippen LogP contribution in [0.2, 0.25) is 39.0 Å². The van der Waals surface area contributed by atoms with E-state index in [1.165, 1.54) is 63.6 Å². The second kappa shape index (κ2) is 25.2. The smallest absolute Gasteiger partial charge is 0.358 e. The zero-order valence-corrected chi connectivity index (χ0v) is 37.5. The normalized spacial score (nSPS) is 11.1. The van der Waals surface area contributed by atoms with E-state index in [-0.39, 0.29) is 31.3 Å². The fourth-order valence-corrected chi connectivity index (χ4v) is 22.1. The number of aromatic amines is 1. The number of carbonyl (C=O) groups excluding carboxylic acids is 1. The van der Waals surface area contributed by atoms with Crippen LogP contribution in [0.3, 0.4) is 0 Å². The molecule has 0 aliphatic carbocycles. The molecule has 5 aromatic heterocycles. The number of hydrogen-bond donors (Lipinski definition) is 2. The van der Waals surface area contributed by atoms with Gasteiger partial charge < -0.3 is 9.84 Å². The van der Waals surface area contributed by atoms with Crippen molar-refractivity contribution in [1.29, 1.82) is 0 Å². The fourth-order valence-electron chi connectivity index (χ4n) is 5.89. The van der Waals surface area contributed by atoms with Crippen molar-refractivity contribution in [1.82, 2.24) is 45.4 Å². The van der Waals surface area contributed by atoms with Crippen LogP contribution in [-0.4, -0.2) is 95.3 Å². The number of aromatic nitrogens is 9. The third-order valence-electron chi connectivity index (χ3n) is 8.99. The Morgan fingerprint density at radius 2 is 1.29 bits per heavy atom. The minimum absolute atomic E-state index is 0. The van der Waals surface area contributed by atoms with Gasteiger partial charge in [-0.05, 0) is 30.3 Å². The summed E-state index contributed by atoms with van der Waals surface area (Å²) in [6.07, 6.45) is 13.5.